The highest BCUT2D eigenvalue weighted by Crippen LogP contribution is 2.39. The van der Waals surface area contributed by atoms with Crippen molar-refractivity contribution in [3.05, 3.63) is 0 Å². The molecule has 25 heteroatoms. The van der Waals surface area contributed by atoms with Gasteiger partial charge in [-0.05, 0) is 59.8 Å². The zero-order valence-electron chi connectivity index (χ0n) is 51.9. The molecule has 0 saturated carbocycles. The van der Waals surface area contributed by atoms with Gasteiger partial charge in [0.2, 0.25) is 0 Å². The Morgan fingerprint density at radius 1 is 0.500 bits per heavy atom. The lowest BCUT2D eigenvalue weighted by Crippen LogP contribution is -2.68. The number of esters is 3. The topological polar surface area (TPSA) is 353 Å². The van der Waals surface area contributed by atoms with Crippen LogP contribution in [0.5, 0.6) is 0 Å². The van der Waals surface area contributed by atoms with Crippen molar-refractivity contribution >= 4 is 17.9 Å². The van der Waals surface area contributed by atoms with Crippen LogP contribution >= 0.6 is 0 Å². The van der Waals surface area contributed by atoms with Crippen molar-refractivity contribution < 1.29 is 122 Å². The Kier molecular flexibility index (Phi) is 30.5. The molecule has 6 aliphatic heterocycles. The summed E-state index contributed by atoms with van der Waals surface area (Å²) in [6, 6.07) is 0. The van der Waals surface area contributed by atoms with E-state index >= 15 is 0 Å². The Morgan fingerprint density at radius 3 is 1.76 bits per heavy atom. The molecule has 500 valence electrons. The summed E-state index contributed by atoms with van der Waals surface area (Å²) in [4.78, 5) is 41.2. The van der Waals surface area contributed by atoms with Gasteiger partial charge in [-0.25, -0.2) is 0 Å². The second-order valence-corrected chi connectivity index (χ2v) is 24.6. The third-order valence-corrected chi connectivity index (χ3v) is 17.7. The highest BCUT2D eigenvalue weighted by molar-refractivity contribution is 5.72. The van der Waals surface area contributed by atoms with Gasteiger partial charge in [-0.1, -0.05) is 124 Å². The van der Waals surface area contributed by atoms with Crippen LogP contribution in [0.4, 0.5) is 0 Å². The van der Waals surface area contributed by atoms with Gasteiger partial charge in [0.05, 0.1) is 43.0 Å². The molecule has 0 aromatic heterocycles. The Hall–Kier alpha value is -2.35. The minimum absolute atomic E-state index is 0.0431. The molecule has 0 aliphatic carbocycles. The van der Waals surface area contributed by atoms with Crippen molar-refractivity contribution in [2.45, 2.75) is 356 Å². The number of ether oxygens (including phenoxy) is 13. The number of rotatable bonds is 23. The fraction of sp³-hybridized carbons (Fsp3) is 0.951. The first-order chi connectivity index (χ1) is 41.1. The first kappa shape index (κ1) is 72.7. The van der Waals surface area contributed by atoms with Gasteiger partial charge in [-0.15, -0.1) is 0 Å². The summed E-state index contributed by atoms with van der Waals surface area (Å²) >= 11 is 0. The van der Waals surface area contributed by atoms with Gasteiger partial charge in [0, 0.05) is 12.8 Å². The van der Waals surface area contributed by atoms with E-state index in [2.05, 4.69) is 13.8 Å². The Morgan fingerprint density at radius 2 is 1.07 bits per heavy atom. The molecule has 0 amide bonds. The first-order valence-electron chi connectivity index (χ1n) is 32.3. The zero-order valence-corrected chi connectivity index (χ0v) is 51.9. The summed E-state index contributed by atoms with van der Waals surface area (Å²) in [5, 5.41) is 102. The van der Waals surface area contributed by atoms with Crippen molar-refractivity contribution in [2.75, 3.05) is 6.61 Å². The number of aliphatic hydroxyl groups excluding tert-OH is 9. The average molecular weight is 1240 g/mol. The summed E-state index contributed by atoms with van der Waals surface area (Å²) in [5.74, 6) is -2.66. The molecule has 6 saturated heterocycles. The van der Waals surface area contributed by atoms with Crippen molar-refractivity contribution in [1.82, 2.24) is 0 Å². The van der Waals surface area contributed by atoms with Gasteiger partial charge >= 0.3 is 17.9 Å². The maximum absolute atomic E-state index is 14.3. The highest BCUT2D eigenvalue weighted by Gasteiger charge is 2.59. The first-order valence-corrected chi connectivity index (χ1v) is 32.3. The number of carbonyl (C=O) groups is 3. The lowest BCUT2D eigenvalue weighted by atomic mass is 9.95. The van der Waals surface area contributed by atoms with Crippen LogP contribution in [-0.2, 0) is 76.0 Å². The van der Waals surface area contributed by atoms with Gasteiger partial charge < -0.3 is 108 Å². The highest BCUT2D eigenvalue weighted by atomic mass is 16.8. The molecule has 0 unspecified atom stereocenters. The molecule has 6 aliphatic rings. The van der Waals surface area contributed by atoms with E-state index in [1.807, 2.05) is 0 Å². The van der Waals surface area contributed by atoms with Crippen LogP contribution in [0.25, 0.3) is 0 Å². The van der Waals surface area contributed by atoms with Crippen LogP contribution in [0.1, 0.15) is 197 Å². The quantitative estimate of drug-likeness (QED) is 0.0401. The van der Waals surface area contributed by atoms with Crippen molar-refractivity contribution in [3.63, 3.8) is 0 Å². The van der Waals surface area contributed by atoms with Gasteiger partial charge in [0.25, 0.3) is 0 Å². The second-order valence-electron chi connectivity index (χ2n) is 24.6. The monoisotopic (exact) mass is 1240 g/mol. The summed E-state index contributed by atoms with van der Waals surface area (Å²) < 4.78 is 82.0. The smallest absolute Gasteiger partial charge is 0.309 e. The molecule has 6 fully saturated rings. The van der Waals surface area contributed by atoms with E-state index in [1.165, 1.54) is 20.8 Å². The minimum Gasteiger partial charge on any atom is -0.457 e. The number of unbranched alkanes of at least 4 members (excludes halogenated alkanes) is 8. The lowest BCUT2D eigenvalue weighted by molar-refractivity contribution is -0.400. The average Bonchev–Trinajstić information content (AvgIpc) is 1.01. The van der Waals surface area contributed by atoms with E-state index < -0.39 is 184 Å². The summed E-state index contributed by atoms with van der Waals surface area (Å²) in [5.41, 5.74) is 0. The van der Waals surface area contributed by atoms with Gasteiger partial charge in [0.15, 0.2) is 49.8 Å². The van der Waals surface area contributed by atoms with Crippen molar-refractivity contribution in [2.24, 2.45) is 5.92 Å². The van der Waals surface area contributed by atoms with E-state index in [0.29, 0.717) is 38.5 Å². The van der Waals surface area contributed by atoms with Gasteiger partial charge in [-0.2, -0.15) is 0 Å². The molecule has 0 radical (unpaired) electrons. The fourth-order valence-electron chi connectivity index (χ4n) is 12.0. The van der Waals surface area contributed by atoms with E-state index in [4.69, 9.17) is 61.6 Å². The lowest BCUT2D eigenvalue weighted by Gasteiger charge is -2.51. The molecule has 6 rings (SSSR count). The zero-order chi connectivity index (χ0) is 62.8. The summed E-state index contributed by atoms with van der Waals surface area (Å²) in [7, 11) is 0. The SMILES string of the molecule is CCCCCCCCCC(=O)O[C@H]1[C@H](O[C@@H]2[C@H]3OC(=O)CCCCCCCCC[C@H](CCCCC)O[C@@H]4O[C@H](C)[C@H](O)[C@H](O)[C@H]4O[C@H](O[C@H]2C)[C@@H]3O)O[C@@H](C)[C@H](O[C@@H]2O[C@@H](C)[C@H](OC(=O)[C@@H](C)CC)[C@@H](O)[C@H]2O)[C@H]1O[C@@H]1O[C@H](CO)[C@@H](O)[C@H](O)[C@H]1O. The molecule has 0 aromatic carbocycles. The van der Waals surface area contributed by atoms with Crippen LogP contribution in [0.15, 0.2) is 0 Å². The van der Waals surface area contributed by atoms with Crippen molar-refractivity contribution in [1.29, 1.82) is 0 Å². The number of hydrogen-bond donors (Lipinski definition) is 9. The van der Waals surface area contributed by atoms with Crippen LogP contribution in [0.3, 0.4) is 0 Å². The number of aliphatic hydroxyl groups is 9. The predicted molar refractivity (Wildman–Crippen MR) is 303 cm³/mol. The van der Waals surface area contributed by atoms with Crippen LogP contribution in [-0.4, -0.2) is 230 Å². The molecule has 27 atom stereocenters. The van der Waals surface area contributed by atoms with Gasteiger partial charge in [-0.3, -0.25) is 14.4 Å². The summed E-state index contributed by atoms with van der Waals surface area (Å²) in [6.07, 6.45) is -23.6. The van der Waals surface area contributed by atoms with Crippen LogP contribution < -0.4 is 0 Å². The second kappa shape index (κ2) is 36.0. The standard InChI is InChI=1S/C61H106O25/c1-9-12-14-15-17-21-26-30-40(64)81-55-54(86-58-46(70)43(67)42(66)38(31-62)79-58)51(83-57-47(71)45(69)49(34(6)75-57)82-56(73)32(4)11-3)36(8)77-61(55)84-50-35(7)76-59-48(72)52(50)80-39(63)29-25-22-19-16-18-20-24-28-37(27-23-13-10-2)78-60-53(85-59)44(68)41(65)33(5)74-60/h32-38,41-55,57-62,65-72H,9-31H2,1-8H3/t32-,33+,34-,35-,36-,37-,38+,41-,42+,43-,44-,45-,46+,47+,48+,49-,50-,51-,52-,53+,54+,55+,57-,58-,59-,60-,61-/m0/s1. The molecule has 2 bridgehead atoms. The predicted octanol–water partition coefficient (Wildman–Crippen LogP) is 3.52. The number of fused-ring (bicyclic) bond motifs is 3. The molecule has 86 heavy (non-hydrogen) atoms. The molecule has 0 aromatic rings. The summed E-state index contributed by atoms with van der Waals surface area (Å²) in [6.45, 7) is 12.9. The number of hydrogen-bond acceptors (Lipinski definition) is 25. The molecule has 0 spiro atoms. The maximum Gasteiger partial charge on any atom is 0.309 e. The molecular weight excluding hydrogens is 1130 g/mol. The molecule has 6 heterocycles. The Bertz CT molecular complexity index is 1970. The van der Waals surface area contributed by atoms with E-state index in [-0.39, 0.29) is 18.9 Å². The largest absolute Gasteiger partial charge is 0.457 e. The van der Waals surface area contributed by atoms with E-state index in [1.54, 1.807) is 20.8 Å². The van der Waals surface area contributed by atoms with Gasteiger partial charge in [0.1, 0.15) is 79.4 Å². The Balaban J connectivity index is 1.37. The third-order valence-electron chi connectivity index (χ3n) is 17.7. The van der Waals surface area contributed by atoms with E-state index in [9.17, 15) is 60.3 Å². The maximum atomic E-state index is 14.3. The normalized spacial score (nSPS) is 42.0. The minimum atomic E-state index is -2.02. The van der Waals surface area contributed by atoms with Crippen molar-refractivity contribution in [3.8, 4) is 0 Å². The Labute approximate surface area is 507 Å². The molecule has 9 N–H and O–H groups in total. The van der Waals surface area contributed by atoms with E-state index in [0.717, 1.165) is 89.9 Å². The third kappa shape index (κ3) is 19.8. The van der Waals surface area contributed by atoms with Crippen LogP contribution in [0.2, 0.25) is 0 Å². The molecular formula is C61H106O25. The fourth-order valence-corrected chi connectivity index (χ4v) is 12.0. The number of carbonyl (C=O) groups excluding carboxylic acids is 3. The molecule has 25 nitrogen and oxygen atoms in total. The van der Waals surface area contributed by atoms with Crippen LogP contribution in [0, 0.1) is 5.92 Å².